The Balaban J connectivity index is 2.23. The van der Waals surface area contributed by atoms with E-state index in [-0.39, 0.29) is 12.4 Å². The zero-order valence-corrected chi connectivity index (χ0v) is 7.83. The predicted molar refractivity (Wildman–Crippen MR) is 51.5 cm³/mol. The van der Waals surface area contributed by atoms with Gasteiger partial charge in [0.1, 0.15) is 17.2 Å². The number of ether oxygens (including phenoxy) is 1. The SMILES string of the molecule is O=[C]OCCc1cc2c(F)cccc2o1. The minimum Gasteiger partial charge on any atom is -0.461 e. The average Bonchev–Trinajstić information content (AvgIpc) is 2.63. The van der Waals surface area contributed by atoms with E-state index in [1.807, 2.05) is 0 Å². The lowest BCUT2D eigenvalue weighted by Crippen LogP contribution is -1.94. The van der Waals surface area contributed by atoms with E-state index >= 15 is 0 Å². The van der Waals surface area contributed by atoms with Gasteiger partial charge in [-0.05, 0) is 18.2 Å². The van der Waals surface area contributed by atoms with Crippen LogP contribution in [0, 0.1) is 5.82 Å². The molecule has 0 saturated carbocycles. The van der Waals surface area contributed by atoms with Crippen molar-refractivity contribution in [3.05, 3.63) is 35.8 Å². The van der Waals surface area contributed by atoms with E-state index in [0.29, 0.717) is 23.2 Å². The van der Waals surface area contributed by atoms with Gasteiger partial charge in [-0.2, -0.15) is 0 Å². The molecule has 15 heavy (non-hydrogen) atoms. The van der Waals surface area contributed by atoms with Crippen LogP contribution in [0.4, 0.5) is 4.39 Å². The van der Waals surface area contributed by atoms with Crippen LogP contribution in [0.5, 0.6) is 0 Å². The maximum Gasteiger partial charge on any atom is 0.417 e. The number of benzene rings is 1. The Kier molecular flexibility index (Phi) is 2.67. The molecule has 0 aliphatic rings. The van der Waals surface area contributed by atoms with Gasteiger partial charge in [-0.1, -0.05) is 6.07 Å². The summed E-state index contributed by atoms with van der Waals surface area (Å²) in [5, 5.41) is 0.447. The predicted octanol–water partition coefficient (Wildman–Crippen LogP) is 2.20. The second-order valence-corrected chi connectivity index (χ2v) is 3.05. The summed E-state index contributed by atoms with van der Waals surface area (Å²) in [6.45, 7) is 1.50. The Bertz CT molecular complexity index is 476. The number of carbonyl (C=O) groups excluding carboxylic acids is 1. The quantitative estimate of drug-likeness (QED) is 0.721. The molecule has 0 bridgehead atoms. The molecule has 1 heterocycles. The summed E-state index contributed by atoms with van der Waals surface area (Å²) in [5.74, 6) is 0.274. The molecule has 0 N–H and O–H groups in total. The van der Waals surface area contributed by atoms with Crippen LogP contribution in [-0.4, -0.2) is 13.1 Å². The van der Waals surface area contributed by atoms with E-state index in [9.17, 15) is 9.18 Å². The van der Waals surface area contributed by atoms with Crippen LogP contribution >= 0.6 is 0 Å². The first-order chi connectivity index (χ1) is 7.31. The largest absolute Gasteiger partial charge is 0.461 e. The summed E-state index contributed by atoms with van der Waals surface area (Å²) in [4.78, 5) is 9.78. The van der Waals surface area contributed by atoms with Crippen molar-refractivity contribution < 1.29 is 18.3 Å². The van der Waals surface area contributed by atoms with Crippen molar-refractivity contribution in [1.29, 1.82) is 0 Å². The van der Waals surface area contributed by atoms with E-state index in [4.69, 9.17) is 4.42 Å². The number of hydrogen-bond acceptors (Lipinski definition) is 3. The van der Waals surface area contributed by atoms with Crippen molar-refractivity contribution in [3.8, 4) is 0 Å². The lowest BCUT2D eigenvalue weighted by Gasteiger charge is -1.92. The van der Waals surface area contributed by atoms with Crippen LogP contribution in [0.3, 0.4) is 0 Å². The molecule has 0 atom stereocenters. The number of halogens is 1. The average molecular weight is 207 g/mol. The Hall–Kier alpha value is -1.84. The van der Waals surface area contributed by atoms with Gasteiger partial charge in [-0.25, -0.2) is 9.18 Å². The van der Waals surface area contributed by atoms with Crippen LogP contribution in [-0.2, 0) is 16.0 Å². The van der Waals surface area contributed by atoms with Gasteiger partial charge >= 0.3 is 6.47 Å². The molecule has 1 aromatic heterocycles. The molecule has 0 amide bonds. The fourth-order valence-corrected chi connectivity index (χ4v) is 1.39. The van der Waals surface area contributed by atoms with E-state index in [1.165, 1.54) is 12.5 Å². The zero-order valence-electron chi connectivity index (χ0n) is 7.83. The van der Waals surface area contributed by atoms with Gasteiger partial charge in [-0.15, -0.1) is 0 Å². The van der Waals surface area contributed by atoms with Gasteiger partial charge in [0.05, 0.1) is 12.0 Å². The van der Waals surface area contributed by atoms with Crippen molar-refractivity contribution in [3.63, 3.8) is 0 Å². The Morgan fingerprint density at radius 3 is 3.07 bits per heavy atom. The first-order valence-corrected chi connectivity index (χ1v) is 4.47. The number of fused-ring (bicyclic) bond motifs is 1. The maximum absolute atomic E-state index is 13.2. The maximum atomic E-state index is 13.2. The van der Waals surface area contributed by atoms with Crippen molar-refractivity contribution >= 4 is 17.4 Å². The molecule has 3 nitrogen and oxygen atoms in total. The molecule has 77 valence electrons. The molecular weight excluding hydrogens is 199 g/mol. The minimum absolute atomic E-state index is 0.185. The Morgan fingerprint density at radius 2 is 2.33 bits per heavy atom. The summed E-state index contributed by atoms with van der Waals surface area (Å²) in [6.07, 6.45) is 0.420. The molecule has 0 saturated heterocycles. The van der Waals surface area contributed by atoms with Crippen LogP contribution in [0.2, 0.25) is 0 Å². The van der Waals surface area contributed by atoms with E-state index in [1.54, 1.807) is 18.2 Å². The van der Waals surface area contributed by atoms with E-state index in [0.717, 1.165) is 0 Å². The third kappa shape index (κ3) is 1.98. The molecule has 0 spiro atoms. The summed E-state index contributed by atoms with van der Waals surface area (Å²) in [6, 6.07) is 6.26. The minimum atomic E-state index is -0.314. The monoisotopic (exact) mass is 207 g/mol. The third-order valence-electron chi connectivity index (χ3n) is 2.07. The van der Waals surface area contributed by atoms with Crippen molar-refractivity contribution in [2.45, 2.75) is 6.42 Å². The summed E-state index contributed by atoms with van der Waals surface area (Å²) >= 11 is 0. The smallest absolute Gasteiger partial charge is 0.417 e. The second-order valence-electron chi connectivity index (χ2n) is 3.05. The topological polar surface area (TPSA) is 39.4 Å². The number of rotatable bonds is 4. The van der Waals surface area contributed by atoms with E-state index in [2.05, 4.69) is 4.74 Å². The van der Waals surface area contributed by atoms with Crippen LogP contribution in [0.25, 0.3) is 11.0 Å². The highest BCUT2D eigenvalue weighted by molar-refractivity contribution is 5.78. The number of hydrogen-bond donors (Lipinski definition) is 0. The van der Waals surface area contributed by atoms with Crippen molar-refractivity contribution in [2.75, 3.05) is 6.61 Å². The van der Waals surface area contributed by atoms with Gasteiger partial charge in [0.15, 0.2) is 0 Å². The molecule has 2 aromatic rings. The van der Waals surface area contributed by atoms with Gasteiger partial charge in [0.25, 0.3) is 0 Å². The summed E-state index contributed by atoms with van der Waals surface area (Å²) in [5.41, 5.74) is 0.500. The second kappa shape index (κ2) is 4.13. The van der Waals surface area contributed by atoms with Crippen molar-refractivity contribution in [1.82, 2.24) is 0 Å². The molecule has 0 aliphatic carbocycles. The highest BCUT2D eigenvalue weighted by atomic mass is 19.1. The van der Waals surface area contributed by atoms with Gasteiger partial charge in [0, 0.05) is 6.42 Å². The van der Waals surface area contributed by atoms with Crippen LogP contribution in [0.15, 0.2) is 28.7 Å². The first kappa shape index (κ1) is 9.71. The van der Waals surface area contributed by atoms with Crippen LogP contribution < -0.4 is 0 Å². The highest BCUT2D eigenvalue weighted by Crippen LogP contribution is 2.22. The van der Waals surface area contributed by atoms with E-state index < -0.39 is 0 Å². The fourth-order valence-electron chi connectivity index (χ4n) is 1.39. The summed E-state index contributed by atoms with van der Waals surface area (Å²) < 4.78 is 23.0. The molecular formula is C11H8FO3. The molecule has 0 unspecified atom stereocenters. The summed E-state index contributed by atoms with van der Waals surface area (Å²) in [7, 11) is 0. The van der Waals surface area contributed by atoms with Crippen LogP contribution in [0.1, 0.15) is 5.76 Å². The zero-order chi connectivity index (χ0) is 10.7. The molecule has 1 aromatic carbocycles. The Morgan fingerprint density at radius 1 is 1.47 bits per heavy atom. The molecule has 0 fully saturated rings. The highest BCUT2D eigenvalue weighted by Gasteiger charge is 2.07. The van der Waals surface area contributed by atoms with Crippen molar-refractivity contribution in [2.24, 2.45) is 0 Å². The lowest BCUT2D eigenvalue weighted by molar-refractivity contribution is 0.274. The van der Waals surface area contributed by atoms with Gasteiger partial charge in [0.2, 0.25) is 0 Å². The first-order valence-electron chi connectivity index (χ1n) is 4.47. The van der Waals surface area contributed by atoms with Gasteiger partial charge < -0.3 is 9.15 Å². The normalized spacial score (nSPS) is 10.5. The molecule has 2 rings (SSSR count). The standard InChI is InChI=1S/C11H8FO3/c12-10-2-1-3-11-9(10)6-8(15-11)4-5-14-7-13/h1-3,6H,4-5H2. The fraction of sp³-hybridized carbons (Fsp3) is 0.182. The Labute approximate surface area is 85.4 Å². The molecule has 4 heteroatoms. The lowest BCUT2D eigenvalue weighted by atomic mass is 10.2. The molecule has 0 aliphatic heterocycles. The molecule has 1 radical (unpaired) electrons. The third-order valence-corrected chi connectivity index (χ3v) is 2.07. The van der Waals surface area contributed by atoms with Gasteiger partial charge in [-0.3, -0.25) is 0 Å². The number of furan rings is 1.